The van der Waals surface area contributed by atoms with Crippen molar-refractivity contribution in [2.75, 3.05) is 20.2 Å². The van der Waals surface area contributed by atoms with Crippen molar-refractivity contribution in [1.82, 2.24) is 4.90 Å². The molecule has 0 aliphatic carbocycles. The quantitative estimate of drug-likeness (QED) is 0.847. The average Bonchev–Trinajstić information content (AvgIpc) is 2.40. The van der Waals surface area contributed by atoms with Crippen molar-refractivity contribution in [3.63, 3.8) is 0 Å². The first-order valence-electron chi connectivity index (χ1n) is 6.71. The number of ketones is 1. The number of rotatable bonds is 4. The summed E-state index contributed by atoms with van der Waals surface area (Å²) in [6, 6.07) is 5.78. The Morgan fingerprint density at radius 1 is 1.32 bits per heavy atom. The predicted molar refractivity (Wildman–Crippen MR) is 79.5 cm³/mol. The lowest BCUT2D eigenvalue weighted by molar-refractivity contribution is -0.122. The minimum atomic E-state index is -0.123. The summed E-state index contributed by atoms with van der Waals surface area (Å²) < 4.78 is 6.14. The molecule has 1 heterocycles. The van der Waals surface area contributed by atoms with Crippen LogP contribution in [-0.4, -0.2) is 30.9 Å². The Morgan fingerprint density at radius 2 is 2.00 bits per heavy atom. The van der Waals surface area contributed by atoms with E-state index < -0.39 is 0 Å². The van der Waals surface area contributed by atoms with Gasteiger partial charge in [0.2, 0.25) is 0 Å². The fourth-order valence-corrected chi connectivity index (χ4v) is 3.29. The molecular weight excluding hydrogens is 306 g/mol. The number of piperidine rings is 1. The van der Waals surface area contributed by atoms with Crippen LogP contribution in [0.3, 0.4) is 0 Å². The first kappa shape index (κ1) is 14.5. The summed E-state index contributed by atoms with van der Waals surface area (Å²) in [6.07, 6.45) is 3.63. The van der Waals surface area contributed by atoms with Crippen LogP contribution >= 0.6 is 15.9 Å². The van der Waals surface area contributed by atoms with Crippen LogP contribution in [0.25, 0.3) is 0 Å². The molecule has 1 aliphatic heterocycles. The Hall–Kier alpha value is -0.870. The molecule has 1 unspecified atom stereocenters. The fraction of sp³-hybridized carbons (Fsp3) is 0.533. The molecule has 0 amide bonds. The molecule has 0 N–H and O–H groups in total. The number of carbonyl (C=O) groups is 1. The number of likely N-dealkylation sites (tertiary alicyclic amines) is 1. The van der Waals surface area contributed by atoms with Crippen LogP contribution in [-0.2, 0) is 4.79 Å². The second kappa shape index (κ2) is 6.53. The molecule has 1 aliphatic rings. The zero-order valence-corrected chi connectivity index (χ0v) is 13.1. The molecule has 104 valence electrons. The van der Waals surface area contributed by atoms with Gasteiger partial charge in [0, 0.05) is 0 Å². The van der Waals surface area contributed by atoms with E-state index in [4.69, 9.17) is 4.74 Å². The summed E-state index contributed by atoms with van der Waals surface area (Å²) in [5.41, 5.74) is 1.04. The molecule has 2 rings (SSSR count). The van der Waals surface area contributed by atoms with E-state index in [1.807, 2.05) is 18.2 Å². The van der Waals surface area contributed by atoms with Crippen molar-refractivity contribution < 1.29 is 9.53 Å². The van der Waals surface area contributed by atoms with Crippen molar-refractivity contribution in [2.45, 2.75) is 32.2 Å². The molecule has 1 aromatic rings. The van der Waals surface area contributed by atoms with Crippen LogP contribution in [0.5, 0.6) is 5.75 Å². The van der Waals surface area contributed by atoms with Gasteiger partial charge in [0.25, 0.3) is 0 Å². The van der Waals surface area contributed by atoms with Gasteiger partial charge < -0.3 is 4.74 Å². The molecule has 4 heteroatoms. The van der Waals surface area contributed by atoms with Gasteiger partial charge >= 0.3 is 0 Å². The largest absolute Gasteiger partial charge is 0.496 e. The molecule has 1 atom stereocenters. The normalized spacial score (nSPS) is 18.1. The van der Waals surface area contributed by atoms with Gasteiger partial charge in [-0.1, -0.05) is 12.5 Å². The Balaban J connectivity index is 2.28. The second-order valence-electron chi connectivity index (χ2n) is 5.00. The van der Waals surface area contributed by atoms with Crippen LogP contribution in [0.15, 0.2) is 22.7 Å². The van der Waals surface area contributed by atoms with E-state index in [1.54, 1.807) is 14.0 Å². The summed E-state index contributed by atoms with van der Waals surface area (Å²) in [6.45, 7) is 3.69. The highest BCUT2D eigenvalue weighted by atomic mass is 79.9. The maximum absolute atomic E-state index is 12.0. The van der Waals surface area contributed by atoms with Crippen molar-refractivity contribution in [1.29, 1.82) is 0 Å². The van der Waals surface area contributed by atoms with Crippen molar-refractivity contribution in [3.05, 3.63) is 28.2 Å². The molecule has 0 radical (unpaired) electrons. The van der Waals surface area contributed by atoms with E-state index in [2.05, 4.69) is 20.8 Å². The summed E-state index contributed by atoms with van der Waals surface area (Å²) in [7, 11) is 1.65. The SMILES string of the molecule is COc1ccc(C(C(C)=O)N2CCCCC2)cc1Br. The van der Waals surface area contributed by atoms with Gasteiger partial charge in [0.15, 0.2) is 5.78 Å². The zero-order chi connectivity index (χ0) is 13.8. The van der Waals surface area contributed by atoms with E-state index in [-0.39, 0.29) is 11.8 Å². The van der Waals surface area contributed by atoms with Crippen molar-refractivity contribution in [2.24, 2.45) is 0 Å². The van der Waals surface area contributed by atoms with Crippen molar-refractivity contribution >= 4 is 21.7 Å². The number of carbonyl (C=O) groups excluding carboxylic acids is 1. The molecule has 3 nitrogen and oxygen atoms in total. The number of hydrogen-bond donors (Lipinski definition) is 0. The van der Waals surface area contributed by atoms with Gasteiger partial charge in [-0.15, -0.1) is 0 Å². The topological polar surface area (TPSA) is 29.5 Å². The lowest BCUT2D eigenvalue weighted by atomic mass is 9.99. The molecule has 0 bridgehead atoms. The standard InChI is InChI=1S/C15H20BrNO2/c1-11(18)15(17-8-4-3-5-9-17)12-6-7-14(19-2)13(16)10-12/h6-7,10,15H,3-5,8-9H2,1-2H3. The lowest BCUT2D eigenvalue weighted by Gasteiger charge is -2.33. The van der Waals surface area contributed by atoms with Gasteiger partial charge in [-0.2, -0.15) is 0 Å². The number of methoxy groups -OCH3 is 1. The van der Waals surface area contributed by atoms with Gasteiger partial charge in [-0.3, -0.25) is 9.69 Å². The monoisotopic (exact) mass is 325 g/mol. The minimum absolute atomic E-state index is 0.123. The number of Topliss-reactive ketones (excluding diaryl/α,β-unsaturated/α-hetero) is 1. The smallest absolute Gasteiger partial charge is 0.151 e. The third-order valence-corrected chi connectivity index (χ3v) is 4.25. The molecule has 0 saturated carbocycles. The Labute approximate surface area is 123 Å². The zero-order valence-electron chi connectivity index (χ0n) is 11.5. The first-order chi connectivity index (χ1) is 9.13. The molecule has 19 heavy (non-hydrogen) atoms. The Bertz CT molecular complexity index is 455. The molecular formula is C15H20BrNO2. The fourth-order valence-electron chi connectivity index (χ4n) is 2.73. The Morgan fingerprint density at radius 3 is 2.53 bits per heavy atom. The van der Waals surface area contributed by atoms with Gasteiger partial charge in [-0.05, 0) is 66.5 Å². The van der Waals surface area contributed by atoms with E-state index >= 15 is 0 Å². The summed E-state index contributed by atoms with van der Waals surface area (Å²) in [5.74, 6) is 1.00. The van der Waals surface area contributed by atoms with Gasteiger partial charge in [0.1, 0.15) is 5.75 Å². The maximum atomic E-state index is 12.0. The van der Waals surface area contributed by atoms with Crippen LogP contribution < -0.4 is 4.74 Å². The Kier molecular flexibility index (Phi) is 4.99. The van der Waals surface area contributed by atoms with E-state index in [1.165, 1.54) is 19.3 Å². The number of hydrogen-bond acceptors (Lipinski definition) is 3. The molecule has 0 spiro atoms. The summed E-state index contributed by atoms with van der Waals surface area (Å²) in [5, 5.41) is 0. The maximum Gasteiger partial charge on any atom is 0.151 e. The number of ether oxygens (including phenoxy) is 1. The molecule has 1 aromatic carbocycles. The number of halogens is 1. The highest BCUT2D eigenvalue weighted by Crippen LogP contribution is 2.31. The first-order valence-corrected chi connectivity index (χ1v) is 7.50. The predicted octanol–water partition coefficient (Wildman–Crippen LogP) is 3.57. The van der Waals surface area contributed by atoms with Gasteiger partial charge in [-0.25, -0.2) is 0 Å². The van der Waals surface area contributed by atoms with Crippen LogP contribution in [0, 0.1) is 0 Å². The molecule has 1 saturated heterocycles. The van der Waals surface area contributed by atoms with E-state index in [9.17, 15) is 4.79 Å². The van der Waals surface area contributed by atoms with Gasteiger partial charge in [0.05, 0.1) is 17.6 Å². The second-order valence-corrected chi connectivity index (χ2v) is 5.86. The minimum Gasteiger partial charge on any atom is -0.496 e. The summed E-state index contributed by atoms with van der Waals surface area (Å²) in [4.78, 5) is 14.3. The third kappa shape index (κ3) is 3.37. The number of benzene rings is 1. The number of nitrogens with zero attached hydrogens (tertiary/aromatic N) is 1. The van der Waals surface area contributed by atoms with Crippen LogP contribution in [0.2, 0.25) is 0 Å². The summed E-state index contributed by atoms with van der Waals surface area (Å²) >= 11 is 3.49. The highest BCUT2D eigenvalue weighted by molar-refractivity contribution is 9.10. The lowest BCUT2D eigenvalue weighted by Crippen LogP contribution is -2.37. The highest BCUT2D eigenvalue weighted by Gasteiger charge is 2.26. The average molecular weight is 326 g/mol. The van der Waals surface area contributed by atoms with Crippen LogP contribution in [0.1, 0.15) is 37.8 Å². The van der Waals surface area contributed by atoms with E-state index in [0.29, 0.717) is 0 Å². The molecule has 0 aromatic heterocycles. The third-order valence-electron chi connectivity index (χ3n) is 3.63. The van der Waals surface area contributed by atoms with Crippen molar-refractivity contribution in [3.8, 4) is 5.75 Å². The molecule has 1 fully saturated rings. The van der Waals surface area contributed by atoms with Crippen LogP contribution in [0.4, 0.5) is 0 Å². The van der Waals surface area contributed by atoms with E-state index in [0.717, 1.165) is 28.9 Å².